The second-order valence-electron chi connectivity index (χ2n) is 25.2. The second-order valence-corrected chi connectivity index (χ2v) is 28.1. The molecule has 3 unspecified atom stereocenters. The zero-order chi connectivity index (χ0) is 64.9. The molecule has 0 aliphatic heterocycles. The lowest BCUT2D eigenvalue weighted by atomic mass is 9.99. The van der Waals surface area contributed by atoms with E-state index in [0.717, 1.165) is 95.8 Å². The summed E-state index contributed by atoms with van der Waals surface area (Å²) in [5.74, 6) is -1.35. The second kappa shape index (κ2) is 62.5. The van der Waals surface area contributed by atoms with E-state index in [2.05, 4.69) is 34.6 Å². The van der Waals surface area contributed by atoms with Gasteiger partial charge in [0.2, 0.25) is 0 Å². The Morgan fingerprint density at radius 1 is 0.318 bits per heavy atom. The Labute approximate surface area is 537 Å². The molecule has 3 N–H and O–H groups in total. The molecule has 0 radical (unpaired) electrons. The third-order valence-electron chi connectivity index (χ3n) is 16.4. The van der Waals surface area contributed by atoms with Crippen molar-refractivity contribution >= 4 is 39.5 Å². The van der Waals surface area contributed by atoms with Crippen molar-refractivity contribution in [1.29, 1.82) is 0 Å². The summed E-state index contributed by atoms with van der Waals surface area (Å²) in [4.78, 5) is 72.4. The number of rotatable bonds is 69. The minimum absolute atomic E-state index is 0.106. The molecule has 0 aliphatic rings. The van der Waals surface area contributed by atoms with Gasteiger partial charge >= 0.3 is 39.5 Å². The Bertz CT molecular complexity index is 1710. The maximum absolute atomic E-state index is 13.0. The predicted octanol–water partition coefficient (Wildman–Crippen LogP) is 19.7. The summed E-state index contributed by atoms with van der Waals surface area (Å²) in [5, 5.41) is 10.6. The van der Waals surface area contributed by atoms with Crippen LogP contribution in [0.15, 0.2) is 0 Å². The van der Waals surface area contributed by atoms with Crippen LogP contribution in [0.5, 0.6) is 0 Å². The SMILES string of the molecule is CCCCCCCCCCCCCCCCCCCCC(=O)O[C@H](COC(=O)CCCCCCCCCCC(C)CC)COP(=O)(O)OC[C@@H](O)COP(=O)(O)OC[C@@H](COC(=O)CCCCCCCCCCC)OC(=O)CCCCCCCCCCC. The molecule has 6 atom stereocenters. The van der Waals surface area contributed by atoms with Gasteiger partial charge in [-0.15, -0.1) is 0 Å². The number of esters is 4. The lowest BCUT2D eigenvalue weighted by molar-refractivity contribution is -0.161. The summed E-state index contributed by atoms with van der Waals surface area (Å²) in [6.45, 7) is 7.21. The van der Waals surface area contributed by atoms with Crippen molar-refractivity contribution in [1.82, 2.24) is 0 Å². The van der Waals surface area contributed by atoms with E-state index in [0.29, 0.717) is 25.7 Å². The van der Waals surface area contributed by atoms with Crippen LogP contribution in [-0.2, 0) is 65.4 Å². The summed E-state index contributed by atoms with van der Waals surface area (Å²) in [6, 6.07) is 0. The number of carbonyl (C=O) groups excluding carboxylic acids is 4. The minimum Gasteiger partial charge on any atom is -0.462 e. The quantitative estimate of drug-likeness (QED) is 0.0222. The van der Waals surface area contributed by atoms with Crippen LogP contribution in [0.4, 0.5) is 0 Å². The van der Waals surface area contributed by atoms with Gasteiger partial charge in [-0.2, -0.15) is 0 Å². The molecule has 0 aromatic carbocycles. The van der Waals surface area contributed by atoms with Gasteiger partial charge in [-0.05, 0) is 31.6 Å². The van der Waals surface area contributed by atoms with Crippen LogP contribution >= 0.6 is 15.6 Å². The van der Waals surface area contributed by atoms with Gasteiger partial charge in [0.15, 0.2) is 12.2 Å². The van der Waals surface area contributed by atoms with Gasteiger partial charge in [0.25, 0.3) is 0 Å². The Morgan fingerprint density at radius 3 is 0.807 bits per heavy atom. The van der Waals surface area contributed by atoms with Crippen molar-refractivity contribution in [3.8, 4) is 0 Å². The average Bonchev–Trinajstić information content (AvgIpc) is 3.61. The lowest BCUT2D eigenvalue weighted by Crippen LogP contribution is -2.30. The zero-order valence-electron chi connectivity index (χ0n) is 56.9. The molecule has 0 heterocycles. The van der Waals surface area contributed by atoms with Crippen molar-refractivity contribution in [2.24, 2.45) is 5.92 Å². The molecule has 522 valence electrons. The molecule has 0 amide bonds. The predicted molar refractivity (Wildman–Crippen MR) is 354 cm³/mol. The first kappa shape index (κ1) is 86.1. The number of phosphoric ester groups is 2. The van der Waals surface area contributed by atoms with E-state index >= 15 is 0 Å². The van der Waals surface area contributed by atoms with Gasteiger partial charge in [-0.25, -0.2) is 9.13 Å². The molecule has 0 saturated carbocycles. The van der Waals surface area contributed by atoms with E-state index in [1.807, 2.05) is 0 Å². The molecule has 19 heteroatoms. The molecule has 0 rings (SSSR count). The Kier molecular flexibility index (Phi) is 61.1. The number of aliphatic hydroxyl groups excluding tert-OH is 1. The summed E-state index contributed by atoms with van der Waals surface area (Å²) >= 11 is 0. The first-order valence-electron chi connectivity index (χ1n) is 36.2. The zero-order valence-corrected chi connectivity index (χ0v) is 58.6. The number of hydrogen-bond donors (Lipinski definition) is 3. The van der Waals surface area contributed by atoms with Gasteiger partial charge < -0.3 is 33.8 Å². The Hall–Kier alpha value is -1.94. The maximum Gasteiger partial charge on any atom is 0.472 e. The normalized spacial score (nSPS) is 14.4. The van der Waals surface area contributed by atoms with Crippen LogP contribution in [0.25, 0.3) is 0 Å². The van der Waals surface area contributed by atoms with E-state index < -0.39 is 97.5 Å². The van der Waals surface area contributed by atoms with Gasteiger partial charge in [0, 0.05) is 25.7 Å². The van der Waals surface area contributed by atoms with Crippen LogP contribution in [-0.4, -0.2) is 96.7 Å². The van der Waals surface area contributed by atoms with E-state index in [1.54, 1.807) is 0 Å². The monoisotopic (exact) mass is 1300 g/mol. The number of aliphatic hydroxyl groups is 1. The summed E-state index contributed by atoms with van der Waals surface area (Å²) in [5.41, 5.74) is 0. The molecule has 0 aliphatic carbocycles. The van der Waals surface area contributed by atoms with Crippen molar-refractivity contribution in [2.75, 3.05) is 39.6 Å². The largest absolute Gasteiger partial charge is 0.472 e. The first-order valence-corrected chi connectivity index (χ1v) is 39.2. The summed E-state index contributed by atoms with van der Waals surface area (Å²) in [7, 11) is -9.89. The van der Waals surface area contributed by atoms with Crippen LogP contribution in [0.1, 0.15) is 356 Å². The highest BCUT2D eigenvalue weighted by molar-refractivity contribution is 7.47. The van der Waals surface area contributed by atoms with Crippen LogP contribution < -0.4 is 0 Å². The molecule has 0 saturated heterocycles. The number of unbranched alkanes of at least 4 members (excludes halogenated alkanes) is 40. The third-order valence-corrected chi connectivity index (χ3v) is 18.3. The standard InChI is InChI=1S/C69H134O17P2/c1-6-10-13-16-19-22-23-24-25-26-27-28-29-30-33-40-45-50-55-69(74)86-65(59-80-67(72)53-48-43-38-35-34-36-41-46-51-62(5)9-4)61-84-88(77,78)82-57-63(70)56-81-87(75,76)83-60-64(85-68(73)54-49-44-39-32-21-18-15-12-8-3)58-79-66(71)52-47-42-37-31-20-17-14-11-7-2/h62-65,70H,6-61H2,1-5H3,(H,75,76)(H,77,78)/t62?,63-,64+,65+/m0/s1. The molecule has 0 aromatic rings. The average molecular weight is 1300 g/mol. The fraction of sp³-hybridized carbons (Fsp3) is 0.942. The molecule has 17 nitrogen and oxygen atoms in total. The molecule has 0 bridgehead atoms. The van der Waals surface area contributed by atoms with Gasteiger partial charge in [-0.3, -0.25) is 37.3 Å². The van der Waals surface area contributed by atoms with E-state index in [-0.39, 0.29) is 25.7 Å². The van der Waals surface area contributed by atoms with E-state index in [4.69, 9.17) is 37.0 Å². The van der Waals surface area contributed by atoms with E-state index in [9.17, 15) is 43.2 Å². The molecule has 0 aromatic heterocycles. The molecule has 88 heavy (non-hydrogen) atoms. The molecular formula is C69H134O17P2. The topological polar surface area (TPSA) is 237 Å². The van der Waals surface area contributed by atoms with Crippen LogP contribution in [0, 0.1) is 5.92 Å². The Morgan fingerprint density at radius 2 is 0.545 bits per heavy atom. The number of carbonyl (C=O) groups is 4. The fourth-order valence-corrected chi connectivity index (χ4v) is 12.0. The van der Waals surface area contributed by atoms with Gasteiger partial charge in [-0.1, -0.05) is 304 Å². The molecule has 0 spiro atoms. The summed E-state index contributed by atoms with van der Waals surface area (Å²) in [6.07, 6.45) is 48.6. The van der Waals surface area contributed by atoms with Crippen molar-refractivity contribution < 1.29 is 80.2 Å². The van der Waals surface area contributed by atoms with E-state index in [1.165, 1.54) is 180 Å². The third kappa shape index (κ3) is 61.6. The highest BCUT2D eigenvalue weighted by Gasteiger charge is 2.30. The minimum atomic E-state index is -4.95. The summed E-state index contributed by atoms with van der Waals surface area (Å²) < 4.78 is 68.1. The van der Waals surface area contributed by atoms with Crippen LogP contribution in [0.2, 0.25) is 0 Å². The highest BCUT2D eigenvalue weighted by Crippen LogP contribution is 2.45. The molecule has 0 fully saturated rings. The smallest absolute Gasteiger partial charge is 0.462 e. The number of hydrogen-bond acceptors (Lipinski definition) is 15. The van der Waals surface area contributed by atoms with Gasteiger partial charge in [0.05, 0.1) is 26.4 Å². The Balaban J connectivity index is 5.20. The van der Waals surface area contributed by atoms with Crippen molar-refractivity contribution in [3.05, 3.63) is 0 Å². The fourth-order valence-electron chi connectivity index (χ4n) is 10.4. The van der Waals surface area contributed by atoms with Crippen molar-refractivity contribution in [3.63, 3.8) is 0 Å². The number of ether oxygens (including phenoxy) is 4. The lowest BCUT2D eigenvalue weighted by Gasteiger charge is -2.21. The van der Waals surface area contributed by atoms with Crippen LogP contribution in [0.3, 0.4) is 0 Å². The molecular weight excluding hydrogens is 1160 g/mol. The van der Waals surface area contributed by atoms with Gasteiger partial charge in [0.1, 0.15) is 19.3 Å². The first-order chi connectivity index (χ1) is 42.6. The van der Waals surface area contributed by atoms with Crippen molar-refractivity contribution in [2.45, 2.75) is 374 Å². The maximum atomic E-state index is 13.0. The number of phosphoric acid groups is 2. The highest BCUT2D eigenvalue weighted by atomic mass is 31.2.